The molecule has 7 nitrogen and oxygen atoms in total. The molecule has 0 unspecified atom stereocenters. The number of nitrogens with zero attached hydrogens (tertiary/aromatic N) is 3. The minimum atomic E-state index is -0.255. The Hall–Kier alpha value is -2.55. The van der Waals surface area contributed by atoms with Crippen molar-refractivity contribution in [1.29, 1.82) is 0 Å². The fourth-order valence-corrected chi connectivity index (χ4v) is 4.65. The molecule has 1 amide bonds. The number of hydrogen-bond acceptors (Lipinski definition) is 7. The van der Waals surface area contributed by atoms with Gasteiger partial charge in [-0.2, -0.15) is 0 Å². The number of aromatic nitrogens is 1. The number of phenolic OH excluding ortho intramolecular Hbond substituents is 1. The molecule has 1 aliphatic rings. The van der Waals surface area contributed by atoms with E-state index in [0.29, 0.717) is 58.9 Å². The number of piperazine rings is 1. The molecule has 1 fully saturated rings. The third-order valence-electron chi connectivity index (χ3n) is 5.12. The Kier molecular flexibility index (Phi) is 7.03. The molecule has 2 aromatic carbocycles. The SMILES string of the molecule is O=C(CSCc1nc(-c2cccc(Cl)c2)oc1O)N1CCN(c2cc(Cl)ccc2O)CC1. The van der Waals surface area contributed by atoms with E-state index in [2.05, 4.69) is 4.98 Å². The van der Waals surface area contributed by atoms with Crippen molar-refractivity contribution < 1.29 is 19.4 Å². The molecule has 0 saturated carbocycles. The van der Waals surface area contributed by atoms with Crippen molar-refractivity contribution in [3.05, 3.63) is 58.2 Å². The van der Waals surface area contributed by atoms with E-state index in [1.807, 2.05) is 4.90 Å². The summed E-state index contributed by atoms with van der Waals surface area (Å²) in [5, 5.41) is 21.2. The van der Waals surface area contributed by atoms with E-state index in [-0.39, 0.29) is 29.2 Å². The van der Waals surface area contributed by atoms with Crippen LogP contribution >= 0.6 is 35.0 Å². The van der Waals surface area contributed by atoms with Gasteiger partial charge in [-0.25, -0.2) is 4.98 Å². The second-order valence-electron chi connectivity index (χ2n) is 7.27. The molecule has 0 spiro atoms. The Balaban J connectivity index is 1.27. The van der Waals surface area contributed by atoms with Crippen molar-refractivity contribution in [3.8, 4) is 23.1 Å². The summed E-state index contributed by atoms with van der Waals surface area (Å²) in [6.45, 7) is 2.33. The summed E-state index contributed by atoms with van der Waals surface area (Å²) in [6.07, 6.45) is 0. The van der Waals surface area contributed by atoms with Gasteiger partial charge < -0.3 is 24.4 Å². The lowest BCUT2D eigenvalue weighted by molar-refractivity contribution is -0.128. The van der Waals surface area contributed by atoms with Crippen LogP contribution in [0, 0.1) is 0 Å². The first-order valence-electron chi connectivity index (χ1n) is 9.94. The van der Waals surface area contributed by atoms with Crippen molar-refractivity contribution in [2.45, 2.75) is 5.75 Å². The highest BCUT2D eigenvalue weighted by molar-refractivity contribution is 7.99. The highest BCUT2D eigenvalue weighted by Gasteiger charge is 2.23. The zero-order valence-electron chi connectivity index (χ0n) is 17.0. The van der Waals surface area contributed by atoms with E-state index in [0.717, 1.165) is 0 Å². The fourth-order valence-electron chi connectivity index (χ4n) is 3.46. The molecule has 1 aromatic heterocycles. The highest BCUT2D eigenvalue weighted by Crippen LogP contribution is 2.32. The van der Waals surface area contributed by atoms with Gasteiger partial charge in [-0.3, -0.25) is 4.79 Å². The van der Waals surface area contributed by atoms with Crippen LogP contribution in [0.2, 0.25) is 10.0 Å². The molecule has 168 valence electrons. The lowest BCUT2D eigenvalue weighted by atomic mass is 10.2. The van der Waals surface area contributed by atoms with Crippen molar-refractivity contribution >= 4 is 46.6 Å². The van der Waals surface area contributed by atoms with Gasteiger partial charge in [0.1, 0.15) is 11.4 Å². The third-order valence-corrected chi connectivity index (χ3v) is 6.52. The lowest BCUT2D eigenvalue weighted by Gasteiger charge is -2.36. The predicted octanol–water partition coefficient (Wildman–Crippen LogP) is 4.64. The van der Waals surface area contributed by atoms with E-state index < -0.39 is 0 Å². The number of hydrogen-bond donors (Lipinski definition) is 2. The number of aromatic hydroxyl groups is 2. The molecule has 4 rings (SSSR count). The van der Waals surface area contributed by atoms with Gasteiger partial charge in [-0.1, -0.05) is 29.3 Å². The van der Waals surface area contributed by atoms with Crippen molar-refractivity contribution in [1.82, 2.24) is 9.88 Å². The van der Waals surface area contributed by atoms with E-state index in [4.69, 9.17) is 27.6 Å². The summed E-state index contributed by atoms with van der Waals surface area (Å²) in [6, 6.07) is 12.0. The fraction of sp³-hybridized carbons (Fsp3) is 0.273. The number of phenols is 1. The van der Waals surface area contributed by atoms with Crippen LogP contribution in [0.15, 0.2) is 46.9 Å². The molecule has 1 saturated heterocycles. The van der Waals surface area contributed by atoms with Gasteiger partial charge in [-0.05, 0) is 36.4 Å². The smallest absolute Gasteiger partial charge is 0.307 e. The van der Waals surface area contributed by atoms with Gasteiger partial charge in [0.25, 0.3) is 0 Å². The highest BCUT2D eigenvalue weighted by atomic mass is 35.5. The second kappa shape index (κ2) is 9.94. The lowest BCUT2D eigenvalue weighted by Crippen LogP contribution is -2.49. The molecular formula is C22H21Cl2N3O4S. The van der Waals surface area contributed by atoms with E-state index in [9.17, 15) is 15.0 Å². The van der Waals surface area contributed by atoms with E-state index >= 15 is 0 Å². The van der Waals surface area contributed by atoms with Crippen LogP contribution in [-0.2, 0) is 10.5 Å². The Morgan fingerprint density at radius 1 is 1.06 bits per heavy atom. The summed E-state index contributed by atoms with van der Waals surface area (Å²) >= 11 is 13.4. The van der Waals surface area contributed by atoms with Crippen molar-refractivity contribution in [2.75, 3.05) is 36.8 Å². The molecule has 0 bridgehead atoms. The predicted molar refractivity (Wildman–Crippen MR) is 127 cm³/mol. The number of thioether (sulfide) groups is 1. The number of benzene rings is 2. The molecule has 10 heteroatoms. The maximum atomic E-state index is 12.6. The number of amides is 1. The first-order chi connectivity index (χ1) is 15.4. The number of oxazole rings is 1. The molecule has 0 atom stereocenters. The monoisotopic (exact) mass is 493 g/mol. The number of anilines is 1. The Morgan fingerprint density at radius 3 is 2.56 bits per heavy atom. The average Bonchev–Trinajstić information content (AvgIpc) is 3.16. The van der Waals surface area contributed by atoms with E-state index in [1.54, 1.807) is 47.4 Å². The molecule has 0 radical (unpaired) electrons. The van der Waals surface area contributed by atoms with Gasteiger partial charge in [0, 0.05) is 47.5 Å². The summed E-state index contributed by atoms with van der Waals surface area (Å²) in [5.74, 6) is 0.832. The van der Waals surface area contributed by atoms with Crippen LogP contribution in [0.4, 0.5) is 5.69 Å². The minimum absolute atomic E-state index is 0.0167. The zero-order chi connectivity index (χ0) is 22.7. The summed E-state index contributed by atoms with van der Waals surface area (Å²) < 4.78 is 5.34. The molecule has 32 heavy (non-hydrogen) atoms. The largest absolute Gasteiger partial charge is 0.506 e. The number of carbonyl (C=O) groups is 1. The van der Waals surface area contributed by atoms with E-state index in [1.165, 1.54) is 11.8 Å². The number of carbonyl (C=O) groups excluding carboxylic acids is 1. The Morgan fingerprint density at radius 2 is 1.81 bits per heavy atom. The van der Waals surface area contributed by atoms with Crippen LogP contribution in [0.25, 0.3) is 11.5 Å². The second-order valence-corrected chi connectivity index (χ2v) is 9.13. The summed E-state index contributed by atoms with van der Waals surface area (Å²) in [5.41, 5.74) is 1.73. The standard InChI is InChI=1S/C22H21Cl2N3O4S/c23-15-3-1-2-14(10-15)21-25-17(22(30)31-21)12-32-13-20(29)27-8-6-26(7-9-27)18-11-16(24)4-5-19(18)28/h1-5,10-11,28,30H,6-9,12-13H2. The third kappa shape index (κ3) is 5.26. The van der Waals surface area contributed by atoms with Crippen LogP contribution in [0.3, 0.4) is 0 Å². The summed E-state index contributed by atoms with van der Waals surface area (Å²) in [4.78, 5) is 20.7. The first kappa shape index (κ1) is 22.6. The van der Waals surface area contributed by atoms with Gasteiger partial charge in [0.05, 0.1) is 11.4 Å². The topological polar surface area (TPSA) is 90.0 Å². The molecule has 0 aliphatic carbocycles. The van der Waals surface area contributed by atoms with Gasteiger partial charge >= 0.3 is 5.95 Å². The van der Waals surface area contributed by atoms with Crippen LogP contribution in [0.5, 0.6) is 11.7 Å². The van der Waals surface area contributed by atoms with Crippen molar-refractivity contribution in [2.24, 2.45) is 0 Å². The Bertz CT molecular complexity index is 1120. The quantitative estimate of drug-likeness (QED) is 0.516. The average molecular weight is 494 g/mol. The van der Waals surface area contributed by atoms with Crippen LogP contribution in [0.1, 0.15) is 5.69 Å². The zero-order valence-corrected chi connectivity index (χ0v) is 19.3. The van der Waals surface area contributed by atoms with Crippen molar-refractivity contribution in [3.63, 3.8) is 0 Å². The first-order valence-corrected chi connectivity index (χ1v) is 11.9. The molecule has 3 aromatic rings. The van der Waals surface area contributed by atoms with Crippen LogP contribution < -0.4 is 4.90 Å². The Labute approximate surface area is 199 Å². The van der Waals surface area contributed by atoms with Gasteiger partial charge in [0.2, 0.25) is 11.8 Å². The molecular weight excluding hydrogens is 473 g/mol. The maximum Gasteiger partial charge on any atom is 0.307 e. The van der Waals surface area contributed by atoms with Gasteiger partial charge in [0.15, 0.2) is 0 Å². The normalized spacial score (nSPS) is 14.1. The maximum absolute atomic E-state index is 12.6. The molecule has 2 heterocycles. The van der Waals surface area contributed by atoms with Crippen LogP contribution in [-0.4, -0.2) is 57.9 Å². The molecule has 2 N–H and O–H groups in total. The number of halogens is 2. The minimum Gasteiger partial charge on any atom is -0.506 e. The van der Waals surface area contributed by atoms with Gasteiger partial charge in [-0.15, -0.1) is 11.8 Å². The molecule has 1 aliphatic heterocycles. The summed E-state index contributed by atoms with van der Waals surface area (Å²) in [7, 11) is 0. The number of rotatable bonds is 6.